The molecule has 2 nitrogen and oxygen atoms in total. The molecule has 0 bridgehead atoms. The predicted octanol–water partition coefficient (Wildman–Crippen LogP) is 6.09. The number of aliphatic hydroxyl groups excluding tert-OH is 1. The normalized spacial score (nSPS) is 32.5. The number of carbonyl (C=O) groups is 1. The lowest BCUT2D eigenvalue weighted by atomic mass is 9.54. The highest BCUT2D eigenvalue weighted by Gasteiger charge is 2.53. The van der Waals surface area contributed by atoms with Crippen LogP contribution in [-0.4, -0.2) is 10.9 Å². The zero-order chi connectivity index (χ0) is 20.7. The van der Waals surface area contributed by atoms with Crippen molar-refractivity contribution in [1.82, 2.24) is 0 Å². The van der Waals surface area contributed by atoms with Crippen LogP contribution in [0.15, 0.2) is 60.7 Å². The van der Waals surface area contributed by atoms with E-state index in [9.17, 15) is 9.90 Å². The van der Waals surface area contributed by atoms with Crippen molar-refractivity contribution in [2.24, 2.45) is 23.2 Å². The Morgan fingerprint density at radius 1 is 1.10 bits per heavy atom. The number of aliphatic hydroxyl groups is 1. The van der Waals surface area contributed by atoms with Crippen LogP contribution in [0, 0.1) is 23.2 Å². The number of rotatable bonds is 4. The van der Waals surface area contributed by atoms with Crippen molar-refractivity contribution in [2.75, 3.05) is 0 Å². The molecule has 0 aliphatic heterocycles. The highest BCUT2D eigenvalue weighted by atomic mass is 16.3. The number of hydrogen-bond acceptors (Lipinski definition) is 2. The Morgan fingerprint density at radius 3 is 2.73 bits per heavy atom. The first-order valence-electron chi connectivity index (χ1n) is 11.6. The Kier molecular flexibility index (Phi) is 5.14. The summed E-state index contributed by atoms with van der Waals surface area (Å²) in [5.41, 5.74) is 5.15. The SMILES string of the molecule is C[C@]12CC[C@@H]3c4ccc(CO)cc4CC[C@H]3[C@@H]1CC[C@@H]2C=CC(=O)c1ccccc1. The molecule has 2 aromatic carbocycles. The minimum absolute atomic E-state index is 0.127. The predicted molar refractivity (Wildman–Crippen MR) is 120 cm³/mol. The van der Waals surface area contributed by atoms with Gasteiger partial charge in [-0.05, 0) is 90.4 Å². The molecule has 2 heteroatoms. The molecule has 0 spiro atoms. The smallest absolute Gasteiger partial charge is 0.185 e. The highest BCUT2D eigenvalue weighted by molar-refractivity contribution is 6.04. The summed E-state index contributed by atoms with van der Waals surface area (Å²) in [5, 5.41) is 9.49. The molecule has 156 valence electrons. The third-order valence-corrected chi connectivity index (χ3v) is 8.59. The average molecular weight is 401 g/mol. The first kappa shape index (κ1) is 19.8. The Labute approximate surface area is 180 Å². The number of hydrogen-bond donors (Lipinski definition) is 1. The molecule has 0 radical (unpaired) electrons. The fourth-order valence-corrected chi connectivity index (χ4v) is 6.99. The molecule has 2 fully saturated rings. The maximum absolute atomic E-state index is 12.6. The Balaban J connectivity index is 1.35. The first-order chi connectivity index (χ1) is 14.6. The van der Waals surface area contributed by atoms with Crippen LogP contribution in [0.4, 0.5) is 0 Å². The molecular formula is C28H32O2. The van der Waals surface area contributed by atoms with E-state index in [1.54, 1.807) is 5.56 Å². The number of aryl methyl sites for hydroxylation is 1. The van der Waals surface area contributed by atoms with Gasteiger partial charge in [-0.25, -0.2) is 0 Å². The molecule has 1 N–H and O–H groups in total. The molecule has 3 aliphatic rings. The fraction of sp³-hybridized carbons (Fsp3) is 0.464. The summed E-state index contributed by atoms with van der Waals surface area (Å²) >= 11 is 0. The third kappa shape index (κ3) is 3.26. The van der Waals surface area contributed by atoms with Gasteiger partial charge in [0.15, 0.2) is 5.78 Å². The van der Waals surface area contributed by atoms with Crippen LogP contribution in [0.2, 0.25) is 0 Å². The van der Waals surface area contributed by atoms with E-state index < -0.39 is 0 Å². The number of allylic oxidation sites excluding steroid dienone is 2. The Morgan fingerprint density at radius 2 is 1.93 bits per heavy atom. The molecule has 5 rings (SSSR count). The van der Waals surface area contributed by atoms with Gasteiger partial charge in [0, 0.05) is 5.56 Å². The van der Waals surface area contributed by atoms with E-state index in [2.05, 4.69) is 31.2 Å². The second-order valence-electron chi connectivity index (χ2n) is 9.92. The zero-order valence-corrected chi connectivity index (χ0v) is 17.9. The summed E-state index contributed by atoms with van der Waals surface area (Å²) in [6.07, 6.45) is 11.5. The molecule has 0 saturated heterocycles. The molecule has 2 saturated carbocycles. The highest BCUT2D eigenvalue weighted by Crippen LogP contribution is 2.63. The van der Waals surface area contributed by atoms with E-state index in [-0.39, 0.29) is 12.4 Å². The number of fused-ring (bicyclic) bond motifs is 5. The van der Waals surface area contributed by atoms with Crippen molar-refractivity contribution in [3.05, 3.63) is 82.9 Å². The van der Waals surface area contributed by atoms with Crippen LogP contribution in [-0.2, 0) is 13.0 Å². The lowest BCUT2D eigenvalue weighted by Crippen LogP contribution is -2.42. The Bertz CT molecular complexity index is 960. The minimum Gasteiger partial charge on any atom is -0.392 e. The zero-order valence-electron chi connectivity index (χ0n) is 17.9. The van der Waals surface area contributed by atoms with Crippen LogP contribution < -0.4 is 0 Å². The van der Waals surface area contributed by atoms with E-state index in [0.29, 0.717) is 17.3 Å². The second-order valence-corrected chi connectivity index (χ2v) is 9.92. The first-order valence-corrected chi connectivity index (χ1v) is 11.6. The largest absolute Gasteiger partial charge is 0.392 e. The van der Waals surface area contributed by atoms with Gasteiger partial charge in [0.05, 0.1) is 6.61 Å². The molecule has 0 heterocycles. The average Bonchev–Trinajstić information content (AvgIpc) is 3.13. The molecule has 2 aromatic rings. The van der Waals surface area contributed by atoms with Crippen molar-refractivity contribution >= 4 is 5.78 Å². The molecule has 3 aliphatic carbocycles. The van der Waals surface area contributed by atoms with Crippen molar-refractivity contribution in [3.63, 3.8) is 0 Å². The molecule has 5 atom stereocenters. The molecule has 0 unspecified atom stereocenters. The number of ketones is 1. The van der Waals surface area contributed by atoms with Gasteiger partial charge in [0.2, 0.25) is 0 Å². The molecular weight excluding hydrogens is 368 g/mol. The van der Waals surface area contributed by atoms with Gasteiger partial charge in [0.25, 0.3) is 0 Å². The Hall–Kier alpha value is -2.19. The van der Waals surface area contributed by atoms with Crippen LogP contribution in [0.25, 0.3) is 0 Å². The van der Waals surface area contributed by atoms with Gasteiger partial charge < -0.3 is 5.11 Å². The van der Waals surface area contributed by atoms with Gasteiger partial charge >= 0.3 is 0 Å². The standard InChI is InChI=1S/C28H32O2/c1-28-16-15-24-23-11-7-19(18-29)17-21(23)8-12-25(24)26(28)13-9-22(28)10-14-27(30)20-5-3-2-4-6-20/h2-7,10-11,14,17,22,24-26,29H,8-9,12-13,15-16,18H2,1H3/t22-,24-,25-,26+,28-/m1/s1. The summed E-state index contributed by atoms with van der Waals surface area (Å²) in [6, 6.07) is 16.3. The van der Waals surface area contributed by atoms with Gasteiger partial charge in [-0.3, -0.25) is 4.79 Å². The van der Waals surface area contributed by atoms with E-state index in [0.717, 1.165) is 29.4 Å². The maximum atomic E-state index is 12.6. The maximum Gasteiger partial charge on any atom is 0.185 e. The van der Waals surface area contributed by atoms with Gasteiger partial charge in [-0.1, -0.05) is 61.5 Å². The summed E-state index contributed by atoms with van der Waals surface area (Å²) in [6.45, 7) is 2.63. The summed E-state index contributed by atoms with van der Waals surface area (Å²) in [5.74, 6) is 2.83. The minimum atomic E-state index is 0.127. The van der Waals surface area contributed by atoms with E-state index in [1.807, 2.05) is 36.4 Å². The van der Waals surface area contributed by atoms with Crippen molar-refractivity contribution < 1.29 is 9.90 Å². The van der Waals surface area contributed by atoms with E-state index in [1.165, 1.54) is 37.7 Å². The van der Waals surface area contributed by atoms with Crippen LogP contribution in [0.5, 0.6) is 0 Å². The van der Waals surface area contributed by atoms with Crippen LogP contribution in [0.3, 0.4) is 0 Å². The lowest BCUT2D eigenvalue weighted by molar-refractivity contribution is 0.0409. The van der Waals surface area contributed by atoms with Crippen molar-refractivity contribution in [2.45, 2.75) is 58.0 Å². The van der Waals surface area contributed by atoms with Crippen molar-refractivity contribution in [3.8, 4) is 0 Å². The van der Waals surface area contributed by atoms with Gasteiger partial charge in [-0.2, -0.15) is 0 Å². The van der Waals surface area contributed by atoms with Crippen LogP contribution >= 0.6 is 0 Å². The van der Waals surface area contributed by atoms with Gasteiger partial charge in [0.1, 0.15) is 0 Å². The lowest BCUT2D eigenvalue weighted by Gasteiger charge is -2.50. The monoisotopic (exact) mass is 400 g/mol. The third-order valence-electron chi connectivity index (χ3n) is 8.59. The molecule has 0 amide bonds. The van der Waals surface area contributed by atoms with E-state index >= 15 is 0 Å². The summed E-state index contributed by atoms with van der Waals surface area (Å²) in [7, 11) is 0. The molecule has 0 aromatic heterocycles. The number of carbonyl (C=O) groups excluding carboxylic acids is 1. The quantitative estimate of drug-likeness (QED) is 0.498. The topological polar surface area (TPSA) is 37.3 Å². The fourth-order valence-electron chi connectivity index (χ4n) is 6.99. The summed E-state index contributed by atoms with van der Waals surface area (Å²) in [4.78, 5) is 12.6. The summed E-state index contributed by atoms with van der Waals surface area (Å²) < 4.78 is 0. The van der Waals surface area contributed by atoms with Gasteiger partial charge in [-0.15, -0.1) is 0 Å². The number of benzene rings is 2. The van der Waals surface area contributed by atoms with E-state index in [4.69, 9.17) is 0 Å². The molecule has 30 heavy (non-hydrogen) atoms. The van der Waals surface area contributed by atoms with Crippen molar-refractivity contribution in [1.29, 1.82) is 0 Å². The van der Waals surface area contributed by atoms with Crippen LogP contribution in [0.1, 0.15) is 72.0 Å². The second kappa shape index (κ2) is 7.81.